The van der Waals surface area contributed by atoms with E-state index in [1.165, 1.54) is 8.97 Å². The molecule has 3 aromatic heterocycles. The second-order valence-electron chi connectivity index (χ2n) is 7.30. The van der Waals surface area contributed by atoms with E-state index in [0.717, 1.165) is 11.3 Å². The van der Waals surface area contributed by atoms with Gasteiger partial charge in [0.2, 0.25) is 5.78 Å². The zero-order valence-electron chi connectivity index (χ0n) is 15.7. The molecule has 5 heterocycles. The molecule has 0 bridgehead atoms. The summed E-state index contributed by atoms with van der Waals surface area (Å²) in [6, 6.07) is 9.56. The molecule has 5 atom stereocenters. The molecule has 2 fully saturated rings. The van der Waals surface area contributed by atoms with E-state index in [2.05, 4.69) is 15.0 Å². The molecule has 2 aliphatic rings. The Hall–Kier alpha value is -2.44. The van der Waals surface area contributed by atoms with Crippen molar-refractivity contribution in [3.63, 3.8) is 0 Å². The van der Waals surface area contributed by atoms with Crippen LogP contribution < -0.4 is 5.56 Å². The number of H-pyrrole nitrogens is 2. The van der Waals surface area contributed by atoms with Crippen molar-refractivity contribution >= 4 is 37.8 Å². The highest BCUT2D eigenvalue weighted by molar-refractivity contribution is 7.71. The van der Waals surface area contributed by atoms with Crippen molar-refractivity contribution in [2.75, 3.05) is 6.61 Å². The number of fused-ring (bicyclic) bond motifs is 3. The second kappa shape index (κ2) is 7.04. The number of aromatic nitrogens is 5. The fourth-order valence-electron chi connectivity index (χ4n) is 4.03. The van der Waals surface area contributed by atoms with Crippen LogP contribution in [0.25, 0.3) is 28.2 Å². The lowest BCUT2D eigenvalue weighted by molar-refractivity contribution is -0.0591. The largest absolute Gasteiger partial charge is 0.386 e. The molecule has 31 heavy (non-hydrogen) atoms. The molecule has 1 unspecified atom stereocenters. The number of hydrogen-bond acceptors (Lipinski definition) is 8. The van der Waals surface area contributed by atoms with Crippen molar-refractivity contribution in [2.45, 2.75) is 24.5 Å². The van der Waals surface area contributed by atoms with E-state index in [9.17, 15) is 14.8 Å². The van der Waals surface area contributed by atoms with E-state index in [1.54, 1.807) is 6.20 Å². The molecule has 4 aromatic rings. The lowest BCUT2D eigenvalue weighted by Gasteiger charge is -2.27. The number of imidazole rings is 2. The second-order valence-corrected chi connectivity index (χ2v) is 8.63. The minimum Gasteiger partial charge on any atom is -0.386 e. The van der Waals surface area contributed by atoms with Gasteiger partial charge in [-0.3, -0.25) is 9.36 Å². The summed E-state index contributed by atoms with van der Waals surface area (Å²) >= 11 is 5.41. The van der Waals surface area contributed by atoms with Gasteiger partial charge in [-0.15, -0.1) is 0 Å². The lowest BCUT2D eigenvalue weighted by Crippen LogP contribution is -2.38. The first-order valence-corrected chi connectivity index (χ1v) is 11.0. The quantitative estimate of drug-likeness (QED) is 0.261. The maximum absolute atomic E-state index is 13.1. The van der Waals surface area contributed by atoms with Crippen molar-refractivity contribution < 1.29 is 23.8 Å². The van der Waals surface area contributed by atoms with E-state index in [-0.39, 0.29) is 28.1 Å². The predicted molar refractivity (Wildman–Crippen MR) is 112 cm³/mol. The van der Waals surface area contributed by atoms with Crippen LogP contribution in [0.1, 0.15) is 6.23 Å². The van der Waals surface area contributed by atoms with Crippen molar-refractivity contribution in [1.82, 2.24) is 23.9 Å². The average molecular weight is 461 g/mol. The number of ether oxygens (including phenoxy) is 1. The number of rotatable bonds is 2. The van der Waals surface area contributed by atoms with Gasteiger partial charge in [-0.2, -0.15) is 4.98 Å². The van der Waals surface area contributed by atoms with Crippen LogP contribution in [-0.4, -0.2) is 58.8 Å². The van der Waals surface area contributed by atoms with E-state index in [1.807, 2.05) is 30.3 Å². The SMILES string of the molecule is O=c1c2[nH]c(=S)n([C@@H]3OC4CO[P@@](O)O[C@H]4[C@@H]3O)c2nc2[nH]c(-c3ccccc3)cn12. The van der Waals surface area contributed by atoms with Gasteiger partial charge < -0.3 is 33.8 Å². The van der Waals surface area contributed by atoms with Crippen LogP contribution in [0.15, 0.2) is 41.3 Å². The molecule has 4 N–H and O–H groups in total. The van der Waals surface area contributed by atoms with Gasteiger partial charge in [0.1, 0.15) is 18.3 Å². The van der Waals surface area contributed by atoms with Crippen LogP contribution in [0.2, 0.25) is 0 Å². The Morgan fingerprint density at radius 3 is 2.87 bits per heavy atom. The Bertz CT molecular complexity index is 1410. The van der Waals surface area contributed by atoms with Crippen LogP contribution in [0.3, 0.4) is 0 Å². The van der Waals surface area contributed by atoms with Gasteiger partial charge in [-0.05, 0) is 17.8 Å². The Labute approximate surface area is 179 Å². The van der Waals surface area contributed by atoms with Gasteiger partial charge in [-0.25, -0.2) is 4.40 Å². The molecule has 13 heteroatoms. The predicted octanol–water partition coefficient (Wildman–Crippen LogP) is 1.59. The summed E-state index contributed by atoms with van der Waals surface area (Å²) < 4.78 is 19.4. The molecule has 160 valence electrons. The van der Waals surface area contributed by atoms with E-state index >= 15 is 0 Å². The molecular weight excluding hydrogens is 445 g/mol. The summed E-state index contributed by atoms with van der Waals surface area (Å²) in [5.41, 5.74) is 1.73. The minimum atomic E-state index is -2.07. The summed E-state index contributed by atoms with van der Waals surface area (Å²) in [5.74, 6) is 0.322. The summed E-state index contributed by atoms with van der Waals surface area (Å²) in [5, 5.41) is 10.8. The Morgan fingerprint density at radius 2 is 2.06 bits per heavy atom. The smallest absolute Gasteiger partial charge is 0.330 e. The summed E-state index contributed by atoms with van der Waals surface area (Å²) in [6.45, 7) is 0.0769. The fraction of sp³-hybridized carbons (Fsp3) is 0.278. The lowest BCUT2D eigenvalue weighted by atomic mass is 10.1. The maximum atomic E-state index is 13.1. The molecule has 0 saturated carbocycles. The number of hydrogen-bond donors (Lipinski definition) is 4. The van der Waals surface area contributed by atoms with Crippen molar-refractivity contribution in [3.8, 4) is 11.3 Å². The molecule has 11 nitrogen and oxygen atoms in total. The third-order valence-corrected chi connectivity index (χ3v) is 6.58. The third kappa shape index (κ3) is 2.92. The summed E-state index contributed by atoms with van der Waals surface area (Å²) in [4.78, 5) is 33.4. The summed E-state index contributed by atoms with van der Waals surface area (Å²) in [7, 11) is -2.07. The van der Waals surface area contributed by atoms with Gasteiger partial charge in [0.05, 0.1) is 12.3 Å². The van der Waals surface area contributed by atoms with Crippen LogP contribution >= 0.6 is 20.8 Å². The minimum absolute atomic E-state index is 0.0769. The zero-order chi connectivity index (χ0) is 21.3. The standard InChI is InChI=1S/C18H16N5O6PS/c24-12-13-10(7-27-30(26)29-13)28-16(12)23-14-11(20-18(23)31)15(25)22-6-9(19-17(22)21-14)8-4-2-1-3-5-8/h1-6,10,12-13,16,24,26H,7H2,(H,19,21)(H,20,31)/t10?,12-,13+,16+,30+/m0/s1. The monoisotopic (exact) mass is 461 g/mol. The topological polar surface area (TPSA) is 139 Å². The Balaban J connectivity index is 1.50. The van der Waals surface area contributed by atoms with Crippen LogP contribution in [0.5, 0.6) is 0 Å². The van der Waals surface area contributed by atoms with Crippen molar-refractivity contribution in [2.24, 2.45) is 0 Å². The van der Waals surface area contributed by atoms with Gasteiger partial charge in [0.15, 0.2) is 22.2 Å². The zero-order valence-corrected chi connectivity index (χ0v) is 17.4. The molecule has 0 radical (unpaired) electrons. The molecule has 2 aliphatic heterocycles. The number of nitrogens with one attached hydrogen (secondary N) is 2. The van der Waals surface area contributed by atoms with Crippen LogP contribution in [-0.2, 0) is 13.8 Å². The van der Waals surface area contributed by atoms with Gasteiger partial charge in [-0.1, -0.05) is 30.3 Å². The Morgan fingerprint density at radius 1 is 1.26 bits per heavy atom. The van der Waals surface area contributed by atoms with E-state index in [4.69, 9.17) is 26.0 Å². The number of benzene rings is 1. The van der Waals surface area contributed by atoms with Crippen molar-refractivity contribution in [1.29, 1.82) is 0 Å². The van der Waals surface area contributed by atoms with Crippen molar-refractivity contribution in [3.05, 3.63) is 51.7 Å². The highest BCUT2D eigenvalue weighted by atomic mass is 32.1. The summed E-state index contributed by atoms with van der Waals surface area (Å²) in [6.07, 6.45) is -1.78. The van der Waals surface area contributed by atoms with Gasteiger partial charge >= 0.3 is 8.60 Å². The van der Waals surface area contributed by atoms with Crippen LogP contribution in [0.4, 0.5) is 0 Å². The molecule has 6 rings (SSSR count). The highest BCUT2D eigenvalue weighted by Crippen LogP contribution is 2.46. The van der Waals surface area contributed by atoms with E-state index < -0.39 is 33.1 Å². The molecular formula is C18H16N5O6PS. The molecule has 0 amide bonds. The number of aromatic amines is 2. The number of aliphatic hydroxyl groups is 1. The number of aliphatic hydroxyl groups excluding tert-OH is 1. The first-order valence-electron chi connectivity index (χ1n) is 9.44. The van der Waals surface area contributed by atoms with Crippen LogP contribution in [0, 0.1) is 4.77 Å². The normalized spacial score (nSPS) is 28.4. The van der Waals surface area contributed by atoms with E-state index in [0.29, 0.717) is 5.78 Å². The molecule has 1 aromatic carbocycles. The molecule has 0 spiro atoms. The first-order chi connectivity index (χ1) is 15.0. The van der Waals surface area contributed by atoms with Gasteiger partial charge in [0.25, 0.3) is 5.56 Å². The molecule has 0 aliphatic carbocycles. The fourth-order valence-corrected chi connectivity index (χ4v) is 5.13. The third-order valence-electron chi connectivity index (χ3n) is 5.49. The molecule has 2 saturated heterocycles. The first kappa shape index (κ1) is 19.3. The Kier molecular flexibility index (Phi) is 4.37. The maximum Gasteiger partial charge on any atom is 0.330 e. The average Bonchev–Trinajstić information content (AvgIpc) is 3.43. The highest BCUT2D eigenvalue weighted by Gasteiger charge is 2.50. The van der Waals surface area contributed by atoms with Gasteiger partial charge in [0, 0.05) is 6.20 Å². The number of nitrogens with zero attached hydrogens (tertiary/aromatic N) is 3.